The van der Waals surface area contributed by atoms with E-state index in [1.54, 1.807) is 12.1 Å². The third-order valence-corrected chi connectivity index (χ3v) is 2.49. The van der Waals surface area contributed by atoms with Gasteiger partial charge in [-0.15, -0.1) is 0 Å². The van der Waals surface area contributed by atoms with Crippen molar-refractivity contribution in [1.29, 1.82) is 5.26 Å². The Bertz CT molecular complexity index is 446. The second kappa shape index (κ2) is 5.29. The van der Waals surface area contributed by atoms with Crippen LogP contribution in [-0.2, 0) is 24.2 Å². The Hall–Kier alpha value is -1.86. The van der Waals surface area contributed by atoms with Crippen molar-refractivity contribution in [1.82, 2.24) is 0 Å². The Balaban J connectivity index is 3.38. The topological polar surface area (TPSA) is 81.3 Å². The lowest BCUT2D eigenvalue weighted by molar-refractivity contribution is -0.136. The van der Waals surface area contributed by atoms with Crippen molar-refractivity contribution in [2.75, 3.05) is 0 Å². The van der Waals surface area contributed by atoms with Gasteiger partial charge in [0, 0.05) is 0 Å². The molecule has 0 fully saturated rings. The minimum Gasteiger partial charge on any atom is -0.481 e. The Morgan fingerprint density at radius 3 is 2.50 bits per heavy atom. The van der Waals surface area contributed by atoms with Crippen LogP contribution < -0.4 is 0 Å². The number of nitrogens with zero attached hydrogens (tertiary/aromatic N) is 1. The average Bonchev–Trinajstić information content (AvgIpc) is 2.27. The van der Waals surface area contributed by atoms with Gasteiger partial charge in [0.2, 0.25) is 0 Å². The van der Waals surface area contributed by atoms with Crippen molar-refractivity contribution in [3.8, 4) is 6.07 Å². The van der Waals surface area contributed by atoms with Crippen molar-refractivity contribution in [2.24, 2.45) is 0 Å². The highest BCUT2D eigenvalue weighted by atomic mass is 16.4. The summed E-state index contributed by atoms with van der Waals surface area (Å²) in [5.41, 5.74) is 2.14. The Morgan fingerprint density at radius 1 is 1.44 bits per heavy atom. The first-order chi connectivity index (χ1) is 7.63. The lowest BCUT2D eigenvalue weighted by atomic mass is 9.93. The molecule has 0 amide bonds. The number of aliphatic hydroxyl groups excluding tert-OH is 1. The van der Waals surface area contributed by atoms with E-state index >= 15 is 0 Å². The second-order valence-electron chi connectivity index (χ2n) is 3.43. The van der Waals surface area contributed by atoms with Crippen LogP contribution >= 0.6 is 0 Å². The standard InChI is InChI=1S/C12H13NO3/c1-2-8-3-4-9(7-14)11(6-13)10(8)5-12(15)16/h3-4,14H,2,5,7H2,1H3,(H,15,16). The molecule has 0 aliphatic carbocycles. The van der Waals surface area contributed by atoms with E-state index < -0.39 is 5.97 Å². The molecule has 4 nitrogen and oxygen atoms in total. The summed E-state index contributed by atoms with van der Waals surface area (Å²) in [5, 5.41) is 26.9. The van der Waals surface area contributed by atoms with Crippen LogP contribution in [0.4, 0.5) is 0 Å². The summed E-state index contributed by atoms with van der Waals surface area (Å²) < 4.78 is 0. The van der Waals surface area contributed by atoms with E-state index in [2.05, 4.69) is 0 Å². The van der Waals surface area contributed by atoms with Gasteiger partial charge in [-0.3, -0.25) is 4.79 Å². The number of carbonyl (C=O) groups is 1. The predicted octanol–water partition coefficient (Wildman–Crippen LogP) is 1.24. The third kappa shape index (κ3) is 2.38. The fourth-order valence-electron chi connectivity index (χ4n) is 1.69. The van der Waals surface area contributed by atoms with Crippen molar-refractivity contribution < 1.29 is 15.0 Å². The maximum Gasteiger partial charge on any atom is 0.307 e. The largest absolute Gasteiger partial charge is 0.481 e. The maximum atomic E-state index is 10.7. The highest BCUT2D eigenvalue weighted by Gasteiger charge is 2.14. The van der Waals surface area contributed by atoms with Gasteiger partial charge in [-0.2, -0.15) is 5.26 Å². The minimum atomic E-state index is -0.971. The zero-order valence-corrected chi connectivity index (χ0v) is 9.03. The van der Waals surface area contributed by atoms with Crippen LogP contribution in [0.3, 0.4) is 0 Å². The zero-order valence-electron chi connectivity index (χ0n) is 9.03. The van der Waals surface area contributed by atoms with E-state index in [0.29, 0.717) is 23.1 Å². The van der Waals surface area contributed by atoms with E-state index in [-0.39, 0.29) is 13.0 Å². The van der Waals surface area contributed by atoms with Crippen LogP contribution in [0.5, 0.6) is 0 Å². The molecule has 0 aliphatic heterocycles. The SMILES string of the molecule is CCc1ccc(CO)c(C#N)c1CC(=O)O. The van der Waals surface area contributed by atoms with Gasteiger partial charge in [0.15, 0.2) is 0 Å². The predicted molar refractivity (Wildman–Crippen MR) is 57.8 cm³/mol. The molecule has 16 heavy (non-hydrogen) atoms. The molecule has 0 aromatic heterocycles. The van der Waals surface area contributed by atoms with Gasteiger partial charge in [0.05, 0.1) is 24.7 Å². The summed E-state index contributed by atoms with van der Waals surface area (Å²) >= 11 is 0. The zero-order chi connectivity index (χ0) is 12.1. The van der Waals surface area contributed by atoms with Crippen LogP contribution in [0.15, 0.2) is 12.1 Å². The Labute approximate surface area is 93.8 Å². The second-order valence-corrected chi connectivity index (χ2v) is 3.43. The molecule has 0 radical (unpaired) electrons. The fraction of sp³-hybridized carbons (Fsp3) is 0.333. The van der Waals surface area contributed by atoms with Crippen LogP contribution in [0.2, 0.25) is 0 Å². The van der Waals surface area contributed by atoms with E-state index in [9.17, 15) is 4.79 Å². The molecule has 0 saturated carbocycles. The summed E-state index contributed by atoms with van der Waals surface area (Å²) in [6.07, 6.45) is 0.489. The van der Waals surface area contributed by atoms with Gasteiger partial charge < -0.3 is 10.2 Å². The van der Waals surface area contributed by atoms with Crippen molar-refractivity contribution in [3.05, 3.63) is 34.4 Å². The molecule has 0 aliphatic rings. The van der Waals surface area contributed by atoms with Crippen LogP contribution in [0, 0.1) is 11.3 Å². The summed E-state index contributed by atoms with van der Waals surface area (Å²) in [4.78, 5) is 10.7. The average molecular weight is 219 g/mol. The molecule has 84 valence electrons. The number of benzene rings is 1. The molecule has 2 N–H and O–H groups in total. The molecule has 0 bridgehead atoms. The lowest BCUT2D eigenvalue weighted by Crippen LogP contribution is -2.08. The third-order valence-electron chi connectivity index (χ3n) is 2.49. The minimum absolute atomic E-state index is 0.181. The van der Waals surface area contributed by atoms with Gasteiger partial charge in [-0.1, -0.05) is 19.1 Å². The number of aliphatic hydroxyl groups is 1. The normalized spacial score (nSPS) is 9.81. The van der Waals surface area contributed by atoms with Crippen LogP contribution in [0.1, 0.15) is 29.2 Å². The van der Waals surface area contributed by atoms with Crippen molar-refractivity contribution >= 4 is 5.97 Å². The quantitative estimate of drug-likeness (QED) is 0.798. The van der Waals surface area contributed by atoms with Gasteiger partial charge in [-0.25, -0.2) is 0 Å². The molecule has 1 aromatic carbocycles. The molecule has 0 unspecified atom stereocenters. The van der Waals surface area contributed by atoms with E-state index in [1.165, 1.54) is 0 Å². The van der Waals surface area contributed by atoms with Crippen molar-refractivity contribution in [3.63, 3.8) is 0 Å². The van der Waals surface area contributed by atoms with E-state index in [0.717, 1.165) is 5.56 Å². The van der Waals surface area contributed by atoms with Crippen LogP contribution in [-0.4, -0.2) is 16.2 Å². The summed E-state index contributed by atoms with van der Waals surface area (Å²) in [5.74, 6) is -0.971. The molecular weight excluding hydrogens is 206 g/mol. The monoisotopic (exact) mass is 219 g/mol. The smallest absolute Gasteiger partial charge is 0.307 e. The number of carboxylic acid groups (broad SMARTS) is 1. The highest BCUT2D eigenvalue weighted by molar-refractivity contribution is 5.72. The van der Waals surface area contributed by atoms with E-state index in [1.807, 2.05) is 13.0 Å². The Morgan fingerprint density at radius 2 is 2.06 bits per heavy atom. The molecule has 1 aromatic rings. The van der Waals surface area contributed by atoms with E-state index in [4.69, 9.17) is 15.5 Å². The molecular formula is C12H13NO3. The highest BCUT2D eigenvalue weighted by Crippen LogP contribution is 2.20. The van der Waals surface area contributed by atoms with Gasteiger partial charge >= 0.3 is 5.97 Å². The molecule has 1 rings (SSSR count). The van der Waals surface area contributed by atoms with Crippen LogP contribution in [0.25, 0.3) is 0 Å². The number of nitriles is 1. The molecule has 4 heteroatoms. The van der Waals surface area contributed by atoms with Gasteiger partial charge in [0.1, 0.15) is 0 Å². The van der Waals surface area contributed by atoms with Crippen molar-refractivity contribution in [2.45, 2.75) is 26.4 Å². The number of hydrogen-bond acceptors (Lipinski definition) is 3. The molecule has 0 spiro atoms. The number of hydrogen-bond donors (Lipinski definition) is 2. The van der Waals surface area contributed by atoms with Gasteiger partial charge in [-0.05, 0) is 23.1 Å². The molecule has 0 heterocycles. The molecule has 0 saturated heterocycles. The maximum absolute atomic E-state index is 10.7. The summed E-state index contributed by atoms with van der Waals surface area (Å²) in [6, 6.07) is 5.41. The van der Waals surface area contributed by atoms with Gasteiger partial charge in [0.25, 0.3) is 0 Å². The molecule has 0 atom stereocenters. The first kappa shape index (κ1) is 12.2. The number of rotatable bonds is 4. The fourth-order valence-corrected chi connectivity index (χ4v) is 1.69. The Kier molecular flexibility index (Phi) is 4.03. The summed E-state index contributed by atoms with van der Waals surface area (Å²) in [7, 11) is 0. The number of carboxylic acids is 1. The number of aryl methyl sites for hydroxylation is 1. The first-order valence-electron chi connectivity index (χ1n) is 5.00. The lowest BCUT2D eigenvalue weighted by Gasteiger charge is -2.11. The number of aliphatic carboxylic acids is 1. The summed E-state index contributed by atoms with van der Waals surface area (Å²) in [6.45, 7) is 1.65. The first-order valence-corrected chi connectivity index (χ1v) is 5.00.